The molecule has 1 aromatic carbocycles. The number of hydrogen-bond donors (Lipinski definition) is 1. The van der Waals surface area contributed by atoms with Gasteiger partial charge in [-0.2, -0.15) is 0 Å². The molecule has 0 bridgehead atoms. The van der Waals surface area contributed by atoms with Crippen LogP contribution in [-0.2, 0) is 14.8 Å². The Bertz CT molecular complexity index is 675. The first kappa shape index (κ1) is 18.9. The minimum absolute atomic E-state index is 0.0704. The summed E-state index contributed by atoms with van der Waals surface area (Å²) in [7, 11) is -3.75. The Labute approximate surface area is 135 Å². The molecular formula is C14H21N3O5S. The number of nitrogens with one attached hydrogen (secondary N) is 1. The fraction of sp³-hybridized carbons (Fsp3) is 0.500. The number of nitro groups is 1. The maximum absolute atomic E-state index is 12.0. The molecule has 1 rings (SSSR count). The standard InChI is InChI=1S/C14H21N3O5S/c1-4-6-11(2)15-14(18)10-16(23(3,21)22)12-7-5-8-13(9-12)17(19)20/h5,7-9,11H,4,6,10H2,1-3H3,(H,15,18)/t11-/m0/s1. The van der Waals surface area contributed by atoms with Crippen LogP contribution in [0.2, 0.25) is 0 Å². The molecule has 1 N–H and O–H groups in total. The van der Waals surface area contributed by atoms with Crippen LogP contribution in [0.5, 0.6) is 0 Å². The average Bonchev–Trinajstić information content (AvgIpc) is 2.43. The van der Waals surface area contributed by atoms with E-state index < -0.39 is 27.4 Å². The molecule has 0 aliphatic rings. The Hall–Kier alpha value is -2.16. The van der Waals surface area contributed by atoms with Crippen LogP contribution in [0, 0.1) is 10.1 Å². The number of rotatable bonds is 8. The summed E-state index contributed by atoms with van der Waals surface area (Å²) >= 11 is 0. The van der Waals surface area contributed by atoms with Crippen molar-refractivity contribution >= 4 is 27.3 Å². The van der Waals surface area contributed by atoms with E-state index in [0.29, 0.717) is 0 Å². The number of carbonyl (C=O) groups excluding carboxylic acids is 1. The van der Waals surface area contributed by atoms with Crippen LogP contribution in [0.4, 0.5) is 11.4 Å². The molecule has 0 radical (unpaired) electrons. The number of amides is 1. The number of nitro benzene ring substituents is 1. The van der Waals surface area contributed by atoms with Gasteiger partial charge in [-0.1, -0.05) is 19.4 Å². The second-order valence-corrected chi connectivity index (χ2v) is 7.21. The average molecular weight is 343 g/mol. The Balaban J connectivity index is 3.01. The molecule has 0 unspecified atom stereocenters. The summed E-state index contributed by atoms with van der Waals surface area (Å²) < 4.78 is 24.7. The predicted molar refractivity (Wildman–Crippen MR) is 87.8 cm³/mol. The highest BCUT2D eigenvalue weighted by molar-refractivity contribution is 7.92. The van der Waals surface area contributed by atoms with E-state index in [1.54, 1.807) is 0 Å². The first-order valence-electron chi connectivity index (χ1n) is 7.16. The van der Waals surface area contributed by atoms with Gasteiger partial charge in [-0.25, -0.2) is 8.42 Å². The third-order valence-electron chi connectivity index (χ3n) is 3.15. The Morgan fingerprint density at radius 2 is 2.09 bits per heavy atom. The fourth-order valence-electron chi connectivity index (χ4n) is 2.12. The third-order valence-corrected chi connectivity index (χ3v) is 4.29. The highest BCUT2D eigenvalue weighted by Crippen LogP contribution is 2.22. The minimum Gasteiger partial charge on any atom is -0.352 e. The number of non-ortho nitro benzene ring substituents is 1. The second-order valence-electron chi connectivity index (χ2n) is 5.30. The summed E-state index contributed by atoms with van der Waals surface area (Å²) in [5.41, 5.74) is -0.157. The maximum Gasteiger partial charge on any atom is 0.271 e. The fourth-order valence-corrected chi connectivity index (χ4v) is 2.97. The molecule has 23 heavy (non-hydrogen) atoms. The van der Waals surface area contributed by atoms with Gasteiger partial charge in [0.25, 0.3) is 5.69 Å². The van der Waals surface area contributed by atoms with E-state index in [1.165, 1.54) is 18.2 Å². The molecule has 8 nitrogen and oxygen atoms in total. The van der Waals surface area contributed by atoms with Gasteiger partial charge in [0.05, 0.1) is 16.9 Å². The van der Waals surface area contributed by atoms with Gasteiger partial charge in [-0.05, 0) is 19.4 Å². The van der Waals surface area contributed by atoms with Crippen molar-refractivity contribution in [1.29, 1.82) is 0 Å². The lowest BCUT2D eigenvalue weighted by molar-refractivity contribution is -0.384. The van der Waals surface area contributed by atoms with Crippen molar-refractivity contribution < 1.29 is 18.1 Å². The summed E-state index contributed by atoms with van der Waals surface area (Å²) in [6.07, 6.45) is 2.62. The molecule has 0 aliphatic heterocycles. The molecule has 0 saturated carbocycles. The van der Waals surface area contributed by atoms with E-state index in [4.69, 9.17) is 0 Å². The van der Waals surface area contributed by atoms with Crippen molar-refractivity contribution in [2.75, 3.05) is 17.1 Å². The van der Waals surface area contributed by atoms with Gasteiger partial charge < -0.3 is 5.32 Å². The van der Waals surface area contributed by atoms with E-state index in [1.807, 2.05) is 13.8 Å². The number of nitrogens with zero attached hydrogens (tertiary/aromatic N) is 2. The number of carbonyl (C=O) groups is 1. The normalized spacial score (nSPS) is 12.5. The molecule has 1 atom stereocenters. The molecule has 128 valence electrons. The van der Waals surface area contributed by atoms with Crippen molar-refractivity contribution in [3.05, 3.63) is 34.4 Å². The van der Waals surface area contributed by atoms with Crippen molar-refractivity contribution in [3.63, 3.8) is 0 Å². The van der Waals surface area contributed by atoms with Crippen LogP contribution >= 0.6 is 0 Å². The van der Waals surface area contributed by atoms with Crippen molar-refractivity contribution in [2.24, 2.45) is 0 Å². The van der Waals surface area contributed by atoms with Gasteiger partial charge in [-0.15, -0.1) is 0 Å². The number of sulfonamides is 1. The van der Waals surface area contributed by atoms with Crippen molar-refractivity contribution in [3.8, 4) is 0 Å². The number of hydrogen-bond acceptors (Lipinski definition) is 5. The third kappa shape index (κ3) is 5.85. The molecule has 9 heteroatoms. The zero-order chi connectivity index (χ0) is 17.6. The second kappa shape index (κ2) is 7.91. The van der Waals surface area contributed by atoms with Crippen LogP contribution in [0.15, 0.2) is 24.3 Å². The summed E-state index contributed by atoms with van der Waals surface area (Å²) in [4.78, 5) is 22.2. The lowest BCUT2D eigenvalue weighted by Gasteiger charge is -2.23. The lowest BCUT2D eigenvalue weighted by atomic mass is 10.2. The van der Waals surface area contributed by atoms with Crippen LogP contribution in [0.25, 0.3) is 0 Å². The quantitative estimate of drug-likeness (QED) is 0.570. The molecule has 0 heterocycles. The van der Waals surface area contributed by atoms with Gasteiger partial charge in [0.1, 0.15) is 6.54 Å². The minimum atomic E-state index is -3.75. The van der Waals surface area contributed by atoms with Crippen LogP contribution in [0.1, 0.15) is 26.7 Å². The highest BCUT2D eigenvalue weighted by Gasteiger charge is 2.23. The SMILES string of the molecule is CCC[C@H](C)NC(=O)CN(c1cccc([N+](=O)[O-])c1)S(C)(=O)=O. The first-order chi connectivity index (χ1) is 10.6. The summed E-state index contributed by atoms with van der Waals surface area (Å²) in [6, 6.07) is 5.11. The van der Waals surface area contributed by atoms with E-state index in [2.05, 4.69) is 5.32 Å². The smallest absolute Gasteiger partial charge is 0.271 e. The lowest BCUT2D eigenvalue weighted by Crippen LogP contribution is -2.43. The predicted octanol–water partition coefficient (Wildman–Crippen LogP) is 1.67. The molecule has 0 aromatic heterocycles. The van der Waals surface area contributed by atoms with Gasteiger partial charge in [0.15, 0.2) is 0 Å². The summed E-state index contributed by atoms with van der Waals surface area (Å²) in [6.45, 7) is 3.39. The van der Waals surface area contributed by atoms with Gasteiger partial charge in [-0.3, -0.25) is 19.2 Å². The van der Waals surface area contributed by atoms with E-state index >= 15 is 0 Å². The van der Waals surface area contributed by atoms with Crippen LogP contribution in [0.3, 0.4) is 0 Å². The molecule has 0 spiro atoms. The zero-order valence-electron chi connectivity index (χ0n) is 13.4. The summed E-state index contributed by atoms with van der Waals surface area (Å²) in [5, 5.41) is 13.5. The zero-order valence-corrected chi connectivity index (χ0v) is 14.2. The molecule has 0 fully saturated rings. The van der Waals surface area contributed by atoms with E-state index in [0.717, 1.165) is 29.5 Å². The molecule has 1 aromatic rings. The molecule has 0 saturated heterocycles. The summed E-state index contributed by atoms with van der Waals surface area (Å²) in [5.74, 6) is -0.456. The Morgan fingerprint density at radius 3 is 2.61 bits per heavy atom. The largest absolute Gasteiger partial charge is 0.352 e. The maximum atomic E-state index is 12.0. The van der Waals surface area contributed by atoms with Gasteiger partial charge >= 0.3 is 0 Å². The Morgan fingerprint density at radius 1 is 1.43 bits per heavy atom. The molecule has 0 aliphatic carbocycles. The van der Waals surface area contributed by atoms with E-state index in [-0.39, 0.29) is 17.4 Å². The highest BCUT2D eigenvalue weighted by atomic mass is 32.2. The first-order valence-corrected chi connectivity index (χ1v) is 9.01. The monoisotopic (exact) mass is 343 g/mol. The van der Waals surface area contributed by atoms with Gasteiger partial charge in [0.2, 0.25) is 15.9 Å². The van der Waals surface area contributed by atoms with Crippen molar-refractivity contribution in [2.45, 2.75) is 32.7 Å². The number of benzene rings is 1. The molecular weight excluding hydrogens is 322 g/mol. The van der Waals surface area contributed by atoms with Crippen LogP contribution < -0.4 is 9.62 Å². The topological polar surface area (TPSA) is 110 Å². The number of anilines is 1. The van der Waals surface area contributed by atoms with E-state index in [9.17, 15) is 23.3 Å². The Kier molecular flexibility index (Phi) is 6.49. The van der Waals surface area contributed by atoms with Crippen LogP contribution in [-0.4, -0.2) is 38.1 Å². The van der Waals surface area contributed by atoms with Gasteiger partial charge in [0, 0.05) is 18.2 Å². The molecule has 1 amide bonds. The van der Waals surface area contributed by atoms with Crippen molar-refractivity contribution in [1.82, 2.24) is 5.32 Å².